The van der Waals surface area contributed by atoms with Gasteiger partial charge in [-0.25, -0.2) is 9.13 Å². The van der Waals surface area contributed by atoms with Crippen LogP contribution in [0.25, 0.3) is 0 Å². The maximum absolute atomic E-state index is 2.68. The lowest BCUT2D eigenvalue weighted by Crippen LogP contribution is -2.42. The normalized spacial score (nSPS) is 12.3. The number of aromatic nitrogens is 2. The first-order valence-electron chi connectivity index (χ1n) is 15.8. The molecule has 1 aromatic heterocycles. The summed E-state index contributed by atoms with van der Waals surface area (Å²) in [5.41, 5.74) is 4.33. The summed E-state index contributed by atoms with van der Waals surface area (Å²) in [5, 5.41) is 0. The minimum absolute atomic E-state index is 0.461. The van der Waals surface area contributed by atoms with Crippen molar-refractivity contribution in [2.24, 2.45) is 0 Å². The first kappa shape index (κ1) is 30.2. The van der Waals surface area contributed by atoms with Crippen molar-refractivity contribution >= 4 is 0 Å². The van der Waals surface area contributed by atoms with Crippen molar-refractivity contribution in [3.05, 3.63) is 89.5 Å². The number of hydrogen-bond donors (Lipinski definition) is 0. The van der Waals surface area contributed by atoms with Gasteiger partial charge < -0.3 is 0 Å². The molecule has 2 aromatic carbocycles. The van der Waals surface area contributed by atoms with E-state index >= 15 is 0 Å². The van der Waals surface area contributed by atoms with Crippen molar-refractivity contribution in [1.82, 2.24) is 4.57 Å². The monoisotopic (exact) mass is 515 g/mol. The smallest absolute Gasteiger partial charge is 0.232 e. The van der Waals surface area contributed by atoms with Gasteiger partial charge >= 0.3 is 0 Å². The molecule has 1 heterocycles. The lowest BCUT2D eigenvalue weighted by molar-refractivity contribution is -0.710. The fraction of sp³-hybridized carbons (Fsp3) is 0.583. The molecule has 0 saturated heterocycles. The highest BCUT2D eigenvalue weighted by atomic mass is 15.2. The van der Waals surface area contributed by atoms with E-state index in [1.807, 2.05) is 0 Å². The van der Waals surface area contributed by atoms with Crippen molar-refractivity contribution in [2.45, 2.75) is 136 Å². The molecule has 0 fully saturated rings. The van der Waals surface area contributed by atoms with Crippen LogP contribution in [0.1, 0.15) is 139 Å². The van der Waals surface area contributed by atoms with Crippen LogP contribution in [0.3, 0.4) is 0 Å². The number of nitrogens with zero attached hydrogens (tertiary/aromatic N) is 2. The Hall–Kier alpha value is -2.35. The van der Waals surface area contributed by atoms with E-state index in [1.165, 1.54) is 99.7 Å². The van der Waals surface area contributed by atoms with Crippen molar-refractivity contribution in [3.8, 4) is 0 Å². The van der Waals surface area contributed by atoms with Crippen LogP contribution >= 0.6 is 0 Å². The lowest BCUT2D eigenvalue weighted by atomic mass is 9.96. The van der Waals surface area contributed by atoms with Crippen LogP contribution in [-0.2, 0) is 19.4 Å². The number of unbranched alkanes of at least 4 members (excludes halogenated alkanes) is 11. The average Bonchev–Trinajstić information content (AvgIpc) is 3.27. The quantitative estimate of drug-likeness (QED) is 0.111. The number of rotatable bonds is 19. The molecule has 208 valence electrons. The van der Waals surface area contributed by atoms with Gasteiger partial charge in [0.2, 0.25) is 0 Å². The highest BCUT2D eigenvalue weighted by Gasteiger charge is 2.26. The summed E-state index contributed by atoms with van der Waals surface area (Å²) >= 11 is 0. The molecule has 1 atom stereocenters. The summed E-state index contributed by atoms with van der Waals surface area (Å²) in [6, 6.07) is 22.5. The second-order valence-corrected chi connectivity index (χ2v) is 11.8. The molecule has 38 heavy (non-hydrogen) atoms. The van der Waals surface area contributed by atoms with Gasteiger partial charge in [0.05, 0.1) is 19.0 Å². The summed E-state index contributed by atoms with van der Waals surface area (Å²) in [5.74, 6) is 1.97. The molecule has 0 bridgehead atoms. The molecule has 0 spiro atoms. The predicted octanol–water partition coefficient (Wildman–Crippen LogP) is 9.99. The Morgan fingerprint density at radius 3 is 1.74 bits per heavy atom. The van der Waals surface area contributed by atoms with E-state index in [2.05, 4.69) is 104 Å². The molecule has 0 radical (unpaired) electrons. The fourth-order valence-corrected chi connectivity index (χ4v) is 5.78. The van der Waals surface area contributed by atoms with E-state index in [9.17, 15) is 0 Å². The van der Waals surface area contributed by atoms with Gasteiger partial charge in [-0.2, -0.15) is 0 Å². The zero-order valence-corrected chi connectivity index (χ0v) is 25.0. The molecule has 0 saturated carbocycles. The molecule has 0 aliphatic carbocycles. The van der Waals surface area contributed by atoms with Crippen LogP contribution in [0.2, 0.25) is 0 Å². The molecule has 0 amide bonds. The standard InChI is InChI=1S/C36H55N2/c1-5-6-7-8-9-10-11-12-13-14-15-22-27-37-35(28-32(4)34-25-20-17-21-26-34)30-38(31(2)3)36(37)29-33-23-18-16-19-24-33/h16-21,23-26,30-32H,5-15,22,27-29H2,1-4H3/q+1. The van der Waals surface area contributed by atoms with E-state index in [0.29, 0.717) is 12.0 Å². The second kappa shape index (κ2) is 17.3. The summed E-state index contributed by atoms with van der Waals surface area (Å²) in [6.45, 7) is 10.5. The van der Waals surface area contributed by atoms with Crippen molar-refractivity contribution in [3.63, 3.8) is 0 Å². The third kappa shape index (κ3) is 10.1. The molecular formula is C36H55N2+. The number of hydrogen-bond acceptors (Lipinski definition) is 0. The van der Waals surface area contributed by atoms with Crippen molar-refractivity contribution < 1.29 is 4.57 Å². The molecule has 2 nitrogen and oxygen atoms in total. The Morgan fingerprint density at radius 1 is 0.658 bits per heavy atom. The van der Waals surface area contributed by atoms with Gasteiger partial charge in [0.25, 0.3) is 5.82 Å². The molecule has 0 N–H and O–H groups in total. The summed E-state index contributed by atoms with van der Waals surface area (Å²) in [6.07, 6.45) is 21.3. The average molecular weight is 516 g/mol. The maximum Gasteiger partial charge on any atom is 0.261 e. The van der Waals surface area contributed by atoms with Crippen molar-refractivity contribution in [2.75, 3.05) is 0 Å². The van der Waals surface area contributed by atoms with Crippen LogP contribution in [0.5, 0.6) is 0 Å². The Balaban J connectivity index is 1.61. The zero-order chi connectivity index (χ0) is 27.0. The highest BCUT2D eigenvalue weighted by molar-refractivity contribution is 5.21. The third-order valence-corrected chi connectivity index (χ3v) is 8.13. The van der Waals surface area contributed by atoms with Gasteiger partial charge in [-0.1, -0.05) is 139 Å². The van der Waals surface area contributed by atoms with Crippen LogP contribution in [-0.4, -0.2) is 4.57 Å². The van der Waals surface area contributed by atoms with E-state index in [-0.39, 0.29) is 0 Å². The van der Waals surface area contributed by atoms with Crippen LogP contribution in [0, 0.1) is 0 Å². The molecule has 0 aliphatic heterocycles. The first-order chi connectivity index (χ1) is 18.6. The zero-order valence-electron chi connectivity index (χ0n) is 25.0. The second-order valence-electron chi connectivity index (χ2n) is 11.8. The number of benzene rings is 2. The Bertz CT molecular complexity index is 1000. The Labute approximate surface area is 234 Å². The van der Waals surface area contributed by atoms with Gasteiger partial charge in [-0.15, -0.1) is 0 Å². The van der Waals surface area contributed by atoms with Gasteiger partial charge in [-0.3, -0.25) is 0 Å². The minimum Gasteiger partial charge on any atom is -0.232 e. The molecular weight excluding hydrogens is 460 g/mol. The first-order valence-corrected chi connectivity index (χ1v) is 15.8. The Kier molecular flexibility index (Phi) is 13.7. The Morgan fingerprint density at radius 2 is 1.18 bits per heavy atom. The highest BCUT2D eigenvalue weighted by Crippen LogP contribution is 2.22. The van der Waals surface area contributed by atoms with Gasteiger partial charge in [0.1, 0.15) is 11.9 Å². The van der Waals surface area contributed by atoms with Gasteiger partial charge in [0.15, 0.2) is 0 Å². The van der Waals surface area contributed by atoms with Crippen LogP contribution in [0.4, 0.5) is 0 Å². The van der Waals surface area contributed by atoms with Gasteiger partial charge in [0, 0.05) is 6.42 Å². The van der Waals surface area contributed by atoms with Crippen LogP contribution < -0.4 is 4.57 Å². The summed E-state index contributed by atoms with van der Waals surface area (Å²) in [4.78, 5) is 0. The molecule has 2 heteroatoms. The topological polar surface area (TPSA) is 8.81 Å². The molecule has 3 rings (SSSR count). The minimum atomic E-state index is 0.461. The fourth-order valence-electron chi connectivity index (χ4n) is 5.78. The summed E-state index contributed by atoms with van der Waals surface area (Å²) < 4.78 is 5.23. The SMILES string of the molecule is CCCCCCCCCCCCCC[n+]1c(CC(C)c2ccccc2)cn(C(C)C)c1Cc1ccccc1. The van der Waals surface area contributed by atoms with Crippen LogP contribution in [0.15, 0.2) is 66.9 Å². The third-order valence-electron chi connectivity index (χ3n) is 8.13. The largest absolute Gasteiger partial charge is 0.261 e. The maximum atomic E-state index is 2.68. The predicted molar refractivity (Wildman–Crippen MR) is 164 cm³/mol. The molecule has 1 unspecified atom stereocenters. The van der Waals surface area contributed by atoms with Gasteiger partial charge in [-0.05, 0) is 43.7 Å². The summed E-state index contributed by atoms with van der Waals surface area (Å²) in [7, 11) is 0. The van der Waals surface area contributed by atoms with E-state index in [0.717, 1.165) is 19.4 Å². The molecule has 3 aromatic rings. The van der Waals surface area contributed by atoms with Crippen molar-refractivity contribution in [1.29, 1.82) is 0 Å². The van der Waals surface area contributed by atoms with E-state index < -0.39 is 0 Å². The number of imidazole rings is 1. The van der Waals surface area contributed by atoms with E-state index in [4.69, 9.17) is 0 Å². The molecule has 0 aliphatic rings. The lowest BCUT2D eigenvalue weighted by Gasteiger charge is -2.12. The van der Waals surface area contributed by atoms with E-state index in [1.54, 1.807) is 0 Å².